The van der Waals surface area contributed by atoms with Gasteiger partial charge in [-0.15, -0.1) is 12.6 Å². The third-order valence-electron chi connectivity index (χ3n) is 1.37. The minimum atomic E-state index is 0.566. The van der Waals surface area contributed by atoms with Crippen molar-refractivity contribution in [2.45, 2.75) is 4.90 Å². The molecule has 0 aromatic heterocycles. The molecule has 2 nitrogen and oxygen atoms in total. The molecule has 0 aliphatic rings. The Labute approximate surface area is 90.1 Å². The third kappa shape index (κ3) is 1.84. The second-order valence-electron chi connectivity index (χ2n) is 2.12. The van der Waals surface area contributed by atoms with Gasteiger partial charge in [-0.25, -0.2) is 0 Å². The highest BCUT2D eigenvalue weighted by molar-refractivity contribution is 14.1. The van der Waals surface area contributed by atoms with Crippen LogP contribution >= 0.6 is 35.2 Å². The molecule has 0 N–H and O–H groups in total. The zero-order valence-corrected chi connectivity index (χ0v) is 9.39. The van der Waals surface area contributed by atoms with Crippen LogP contribution in [0, 0.1) is 14.9 Å². The molecule has 0 spiro atoms. The molecule has 0 unspecified atom stereocenters. The van der Waals surface area contributed by atoms with E-state index in [1.165, 1.54) is 0 Å². The molecular weight excluding hydrogens is 285 g/mol. The summed E-state index contributed by atoms with van der Waals surface area (Å²) in [5.41, 5.74) is 0.566. The van der Waals surface area contributed by atoms with E-state index in [-0.39, 0.29) is 0 Å². The maximum atomic E-state index is 8.76. The predicted molar refractivity (Wildman–Crippen MR) is 57.7 cm³/mol. The molecule has 1 aromatic carbocycles. The molecule has 0 aliphatic carbocycles. The number of halogens is 1. The highest BCUT2D eigenvalue weighted by atomic mass is 127. The number of hydrogen-bond donors (Lipinski definition) is 1. The van der Waals surface area contributed by atoms with Gasteiger partial charge in [-0.05, 0) is 34.7 Å². The van der Waals surface area contributed by atoms with Crippen molar-refractivity contribution in [1.82, 2.24) is 0 Å². The van der Waals surface area contributed by atoms with Crippen LogP contribution < -0.4 is 4.74 Å². The van der Waals surface area contributed by atoms with Crippen molar-refractivity contribution in [3.05, 3.63) is 21.3 Å². The molecule has 62 valence electrons. The summed E-state index contributed by atoms with van der Waals surface area (Å²) < 4.78 is 5.88. The number of benzene rings is 1. The topological polar surface area (TPSA) is 33.0 Å². The van der Waals surface area contributed by atoms with Crippen LogP contribution in [0.15, 0.2) is 17.0 Å². The van der Waals surface area contributed by atoms with Gasteiger partial charge in [-0.1, -0.05) is 0 Å². The average molecular weight is 291 g/mol. The predicted octanol–water partition coefficient (Wildman–Crippen LogP) is 2.46. The SMILES string of the molecule is COc1cc(S)cc(I)c1C#N. The minimum Gasteiger partial charge on any atom is -0.495 e. The maximum absolute atomic E-state index is 8.76. The van der Waals surface area contributed by atoms with Crippen molar-refractivity contribution in [3.8, 4) is 11.8 Å². The van der Waals surface area contributed by atoms with E-state index in [4.69, 9.17) is 10.00 Å². The lowest BCUT2D eigenvalue weighted by molar-refractivity contribution is 0.412. The van der Waals surface area contributed by atoms with Crippen LogP contribution in [0.25, 0.3) is 0 Å². The van der Waals surface area contributed by atoms with Crippen LogP contribution in [0.5, 0.6) is 5.75 Å². The van der Waals surface area contributed by atoms with Crippen molar-refractivity contribution in [3.63, 3.8) is 0 Å². The van der Waals surface area contributed by atoms with E-state index < -0.39 is 0 Å². The Morgan fingerprint density at radius 3 is 2.75 bits per heavy atom. The van der Waals surface area contributed by atoms with E-state index in [1.807, 2.05) is 6.07 Å². The lowest BCUT2D eigenvalue weighted by Gasteiger charge is -2.04. The van der Waals surface area contributed by atoms with Gasteiger partial charge in [0.1, 0.15) is 17.4 Å². The smallest absolute Gasteiger partial charge is 0.138 e. The van der Waals surface area contributed by atoms with Crippen LogP contribution in [0.1, 0.15) is 5.56 Å². The highest BCUT2D eigenvalue weighted by Gasteiger charge is 2.07. The van der Waals surface area contributed by atoms with Gasteiger partial charge in [0.05, 0.1) is 7.11 Å². The Morgan fingerprint density at radius 1 is 1.58 bits per heavy atom. The molecule has 0 aliphatic heterocycles. The van der Waals surface area contributed by atoms with E-state index >= 15 is 0 Å². The Kier molecular flexibility index (Phi) is 3.23. The van der Waals surface area contributed by atoms with Crippen molar-refractivity contribution in [2.24, 2.45) is 0 Å². The van der Waals surface area contributed by atoms with Gasteiger partial charge < -0.3 is 4.74 Å². The summed E-state index contributed by atoms with van der Waals surface area (Å²) in [7, 11) is 1.54. The minimum absolute atomic E-state index is 0.566. The first-order valence-electron chi connectivity index (χ1n) is 3.15. The summed E-state index contributed by atoms with van der Waals surface area (Å²) >= 11 is 6.25. The Balaban J connectivity index is 3.36. The van der Waals surface area contributed by atoms with Crippen molar-refractivity contribution >= 4 is 35.2 Å². The van der Waals surface area contributed by atoms with Crippen LogP contribution in [0.2, 0.25) is 0 Å². The molecule has 0 amide bonds. The average Bonchev–Trinajstić information content (AvgIpc) is 2.03. The molecule has 0 radical (unpaired) electrons. The van der Waals surface area contributed by atoms with E-state index in [1.54, 1.807) is 13.2 Å². The monoisotopic (exact) mass is 291 g/mol. The molecule has 12 heavy (non-hydrogen) atoms. The Hall–Kier alpha value is -0.410. The normalized spacial score (nSPS) is 9.17. The second-order valence-corrected chi connectivity index (χ2v) is 3.80. The lowest BCUT2D eigenvalue weighted by atomic mass is 10.2. The summed E-state index contributed by atoms with van der Waals surface area (Å²) in [5.74, 6) is 0.578. The Bertz CT molecular complexity index is 346. The van der Waals surface area contributed by atoms with Crippen LogP contribution in [-0.2, 0) is 0 Å². The maximum Gasteiger partial charge on any atom is 0.138 e. The fourth-order valence-electron chi connectivity index (χ4n) is 0.837. The first-order valence-corrected chi connectivity index (χ1v) is 4.68. The molecule has 1 aromatic rings. The molecular formula is C8H6INOS. The fraction of sp³-hybridized carbons (Fsp3) is 0.125. The van der Waals surface area contributed by atoms with E-state index in [9.17, 15) is 0 Å². The Morgan fingerprint density at radius 2 is 2.25 bits per heavy atom. The van der Waals surface area contributed by atoms with Crippen molar-refractivity contribution in [2.75, 3.05) is 7.11 Å². The summed E-state index contributed by atoms with van der Waals surface area (Å²) in [6.45, 7) is 0. The molecule has 0 heterocycles. The summed E-state index contributed by atoms with van der Waals surface area (Å²) in [6, 6.07) is 5.63. The highest BCUT2D eigenvalue weighted by Crippen LogP contribution is 2.26. The number of rotatable bonds is 1. The molecule has 1 rings (SSSR count). The van der Waals surface area contributed by atoms with Gasteiger partial charge in [0.2, 0.25) is 0 Å². The standard InChI is InChI=1S/C8H6INOS/c1-11-8-3-5(12)2-7(9)6(8)4-10/h2-3,12H,1H3. The van der Waals surface area contributed by atoms with Gasteiger partial charge in [-0.2, -0.15) is 5.26 Å². The lowest BCUT2D eigenvalue weighted by Crippen LogP contribution is -1.90. The number of nitriles is 1. The van der Waals surface area contributed by atoms with Gasteiger partial charge in [0, 0.05) is 8.47 Å². The molecule has 4 heteroatoms. The first kappa shape index (κ1) is 9.68. The molecule has 0 atom stereocenters. The summed E-state index contributed by atoms with van der Waals surface area (Å²) in [6.07, 6.45) is 0. The summed E-state index contributed by atoms with van der Waals surface area (Å²) in [4.78, 5) is 0.801. The summed E-state index contributed by atoms with van der Waals surface area (Å²) in [5, 5.41) is 8.76. The van der Waals surface area contributed by atoms with Gasteiger partial charge >= 0.3 is 0 Å². The van der Waals surface area contributed by atoms with Crippen molar-refractivity contribution in [1.29, 1.82) is 5.26 Å². The van der Waals surface area contributed by atoms with E-state index in [0.717, 1.165) is 8.47 Å². The number of methoxy groups -OCH3 is 1. The number of ether oxygens (including phenoxy) is 1. The number of nitrogens with zero attached hydrogens (tertiary/aromatic N) is 1. The fourth-order valence-corrected chi connectivity index (χ4v) is 2.05. The van der Waals surface area contributed by atoms with Crippen LogP contribution in [0.3, 0.4) is 0 Å². The number of thiol groups is 1. The molecule has 0 bridgehead atoms. The van der Waals surface area contributed by atoms with Crippen molar-refractivity contribution < 1.29 is 4.74 Å². The molecule has 0 saturated heterocycles. The quantitative estimate of drug-likeness (QED) is 0.637. The van der Waals surface area contributed by atoms with Crippen LogP contribution in [0.4, 0.5) is 0 Å². The first-order chi connectivity index (χ1) is 5.69. The van der Waals surface area contributed by atoms with E-state index in [2.05, 4.69) is 41.3 Å². The largest absolute Gasteiger partial charge is 0.495 e. The zero-order valence-electron chi connectivity index (χ0n) is 6.34. The molecule has 0 saturated carbocycles. The van der Waals surface area contributed by atoms with Crippen LogP contribution in [-0.4, -0.2) is 7.11 Å². The number of hydrogen-bond acceptors (Lipinski definition) is 3. The van der Waals surface area contributed by atoms with E-state index in [0.29, 0.717) is 11.3 Å². The molecule has 0 fully saturated rings. The second kappa shape index (κ2) is 4.01. The zero-order chi connectivity index (χ0) is 9.14. The van der Waals surface area contributed by atoms with Gasteiger partial charge in [0.25, 0.3) is 0 Å². The van der Waals surface area contributed by atoms with Gasteiger partial charge in [-0.3, -0.25) is 0 Å². The van der Waals surface area contributed by atoms with Gasteiger partial charge in [0.15, 0.2) is 0 Å². The third-order valence-corrected chi connectivity index (χ3v) is 2.48.